The Labute approximate surface area is 54.8 Å². The van der Waals surface area contributed by atoms with Gasteiger partial charge < -0.3 is 11.5 Å². The molecule has 0 bridgehead atoms. The van der Waals surface area contributed by atoms with Crippen LogP contribution in [0, 0.1) is 0 Å². The van der Waals surface area contributed by atoms with Crippen LogP contribution in [0.25, 0.3) is 0 Å². The molecule has 0 heterocycles. The smallest absolute Gasteiger partial charge is 0.190 e. The number of guanidine groups is 1. The van der Waals surface area contributed by atoms with E-state index in [4.69, 9.17) is 11.5 Å². The first kappa shape index (κ1) is 7.75. The van der Waals surface area contributed by atoms with Gasteiger partial charge in [0.05, 0.1) is 0 Å². The summed E-state index contributed by atoms with van der Waals surface area (Å²) in [6, 6.07) is 0. The molecule has 0 aromatic carbocycles. The van der Waals surface area contributed by atoms with Crippen molar-refractivity contribution in [1.29, 1.82) is 0 Å². The molecule has 0 aromatic rings. The summed E-state index contributed by atoms with van der Waals surface area (Å²) in [4.78, 5) is 3.60. The van der Waals surface area contributed by atoms with Crippen LogP contribution in [-0.4, -0.2) is 5.96 Å². The van der Waals surface area contributed by atoms with E-state index in [2.05, 4.69) is 4.99 Å². The van der Waals surface area contributed by atoms with Crippen molar-refractivity contribution < 1.29 is 0 Å². The molecule has 3 nitrogen and oxygen atoms in total. The van der Waals surface area contributed by atoms with Gasteiger partial charge in [0, 0.05) is 6.20 Å². The normalized spacial score (nSPS) is 10.8. The summed E-state index contributed by atoms with van der Waals surface area (Å²) >= 11 is 0. The molecule has 0 fully saturated rings. The van der Waals surface area contributed by atoms with Crippen molar-refractivity contribution in [1.82, 2.24) is 0 Å². The zero-order valence-corrected chi connectivity index (χ0v) is 5.41. The van der Waals surface area contributed by atoms with Crippen LogP contribution >= 0.6 is 0 Å². The molecule has 0 aliphatic carbocycles. The van der Waals surface area contributed by atoms with E-state index in [1.165, 1.54) is 6.20 Å². The fourth-order valence-corrected chi connectivity index (χ4v) is 0.290. The molecule has 3 heteroatoms. The van der Waals surface area contributed by atoms with Gasteiger partial charge in [0.2, 0.25) is 0 Å². The SMILES string of the molecule is C/C=C\C=C/N=C(N)N. The van der Waals surface area contributed by atoms with Crippen molar-refractivity contribution in [2.24, 2.45) is 16.5 Å². The summed E-state index contributed by atoms with van der Waals surface area (Å²) in [6.07, 6.45) is 7.01. The molecule has 9 heavy (non-hydrogen) atoms. The fourth-order valence-electron chi connectivity index (χ4n) is 0.290. The van der Waals surface area contributed by atoms with Gasteiger partial charge in [-0.15, -0.1) is 0 Å². The third-order valence-corrected chi connectivity index (χ3v) is 0.613. The van der Waals surface area contributed by atoms with E-state index < -0.39 is 0 Å². The van der Waals surface area contributed by atoms with Gasteiger partial charge in [-0.2, -0.15) is 0 Å². The summed E-state index contributed by atoms with van der Waals surface area (Å²) in [6.45, 7) is 1.92. The third-order valence-electron chi connectivity index (χ3n) is 0.613. The van der Waals surface area contributed by atoms with Gasteiger partial charge in [-0.05, 0) is 13.0 Å². The van der Waals surface area contributed by atoms with E-state index in [-0.39, 0.29) is 5.96 Å². The molecule has 0 amide bonds. The Kier molecular flexibility index (Phi) is 4.22. The minimum absolute atomic E-state index is 0.0794. The molecule has 0 atom stereocenters. The largest absolute Gasteiger partial charge is 0.370 e. The summed E-state index contributed by atoms with van der Waals surface area (Å²) in [5, 5.41) is 0. The van der Waals surface area contributed by atoms with Crippen molar-refractivity contribution in [3.05, 3.63) is 24.4 Å². The zero-order valence-electron chi connectivity index (χ0n) is 5.41. The van der Waals surface area contributed by atoms with Crippen LogP contribution in [0.3, 0.4) is 0 Å². The minimum atomic E-state index is 0.0794. The number of hydrogen-bond acceptors (Lipinski definition) is 1. The fraction of sp³-hybridized carbons (Fsp3) is 0.167. The molecular weight excluding hydrogens is 114 g/mol. The molecule has 0 radical (unpaired) electrons. The summed E-state index contributed by atoms with van der Waals surface area (Å²) in [5.74, 6) is 0.0794. The molecule has 0 saturated carbocycles. The first-order valence-electron chi connectivity index (χ1n) is 2.64. The predicted molar refractivity (Wildman–Crippen MR) is 39.8 cm³/mol. The first-order valence-corrected chi connectivity index (χ1v) is 2.64. The average molecular weight is 125 g/mol. The minimum Gasteiger partial charge on any atom is -0.370 e. The standard InChI is InChI=1S/C6H11N3/c1-2-3-4-5-9-6(7)8/h2-5H,1H3,(H4,7,8,9)/b3-2-,5-4-. The lowest BCUT2D eigenvalue weighted by Gasteiger charge is -1.80. The lowest BCUT2D eigenvalue weighted by molar-refractivity contribution is 1.43. The van der Waals surface area contributed by atoms with E-state index >= 15 is 0 Å². The highest BCUT2D eigenvalue weighted by atomic mass is 15.0. The van der Waals surface area contributed by atoms with Gasteiger partial charge in [0.1, 0.15) is 0 Å². The molecular formula is C6H11N3. The molecule has 0 saturated heterocycles. The van der Waals surface area contributed by atoms with E-state index in [0.29, 0.717) is 0 Å². The van der Waals surface area contributed by atoms with E-state index in [0.717, 1.165) is 0 Å². The third kappa shape index (κ3) is 6.75. The van der Waals surface area contributed by atoms with Crippen LogP contribution in [0.1, 0.15) is 6.92 Å². The molecule has 0 rings (SSSR count). The summed E-state index contributed by atoms with van der Waals surface area (Å²) < 4.78 is 0. The maximum absolute atomic E-state index is 5.03. The van der Waals surface area contributed by atoms with Crippen molar-refractivity contribution in [3.63, 3.8) is 0 Å². The number of rotatable bonds is 2. The molecule has 50 valence electrons. The van der Waals surface area contributed by atoms with Crippen LogP contribution < -0.4 is 11.5 Å². The van der Waals surface area contributed by atoms with Gasteiger partial charge in [0.25, 0.3) is 0 Å². The maximum atomic E-state index is 5.03. The lowest BCUT2D eigenvalue weighted by atomic mass is 10.5. The Hall–Kier alpha value is -1.25. The number of aliphatic imine (C=N–C) groups is 1. The number of nitrogens with two attached hydrogens (primary N) is 2. The van der Waals surface area contributed by atoms with E-state index in [9.17, 15) is 0 Å². The Morgan fingerprint density at radius 1 is 1.33 bits per heavy atom. The Bertz CT molecular complexity index is 140. The first-order chi connectivity index (χ1) is 4.27. The molecule has 0 spiro atoms. The highest BCUT2D eigenvalue weighted by Gasteiger charge is 1.68. The second-order valence-corrected chi connectivity index (χ2v) is 1.42. The highest BCUT2D eigenvalue weighted by molar-refractivity contribution is 5.76. The molecule has 0 aromatic heterocycles. The quantitative estimate of drug-likeness (QED) is 0.318. The number of allylic oxidation sites excluding steroid dienone is 3. The monoisotopic (exact) mass is 125 g/mol. The van der Waals surface area contributed by atoms with Gasteiger partial charge >= 0.3 is 0 Å². The van der Waals surface area contributed by atoms with E-state index in [1.807, 2.05) is 19.1 Å². The molecule has 0 aliphatic heterocycles. The Morgan fingerprint density at radius 2 is 2.00 bits per heavy atom. The van der Waals surface area contributed by atoms with Crippen LogP contribution in [0.2, 0.25) is 0 Å². The highest BCUT2D eigenvalue weighted by Crippen LogP contribution is 1.75. The van der Waals surface area contributed by atoms with E-state index in [1.54, 1.807) is 6.08 Å². The zero-order chi connectivity index (χ0) is 7.11. The van der Waals surface area contributed by atoms with Crippen molar-refractivity contribution in [2.45, 2.75) is 6.92 Å². The lowest BCUT2D eigenvalue weighted by Crippen LogP contribution is -2.21. The second-order valence-electron chi connectivity index (χ2n) is 1.42. The molecule has 0 aliphatic rings. The van der Waals surface area contributed by atoms with Gasteiger partial charge in [-0.1, -0.05) is 12.2 Å². The van der Waals surface area contributed by atoms with Crippen LogP contribution in [0.15, 0.2) is 29.4 Å². The van der Waals surface area contributed by atoms with Crippen molar-refractivity contribution in [3.8, 4) is 0 Å². The van der Waals surface area contributed by atoms with Crippen LogP contribution in [0.4, 0.5) is 0 Å². The summed E-state index contributed by atoms with van der Waals surface area (Å²) in [7, 11) is 0. The van der Waals surface area contributed by atoms with Crippen LogP contribution in [0.5, 0.6) is 0 Å². The molecule has 4 N–H and O–H groups in total. The number of hydrogen-bond donors (Lipinski definition) is 2. The van der Waals surface area contributed by atoms with Gasteiger partial charge in [-0.3, -0.25) is 0 Å². The Morgan fingerprint density at radius 3 is 2.44 bits per heavy atom. The molecule has 0 unspecified atom stereocenters. The average Bonchev–Trinajstić information content (AvgIpc) is 1.80. The topological polar surface area (TPSA) is 64.4 Å². The van der Waals surface area contributed by atoms with Crippen molar-refractivity contribution >= 4 is 5.96 Å². The predicted octanol–water partition coefficient (Wildman–Crippen LogP) is 0.350. The van der Waals surface area contributed by atoms with Crippen molar-refractivity contribution in [2.75, 3.05) is 0 Å². The maximum Gasteiger partial charge on any atom is 0.190 e. The van der Waals surface area contributed by atoms with Crippen LogP contribution in [-0.2, 0) is 0 Å². The van der Waals surface area contributed by atoms with Gasteiger partial charge in [-0.25, -0.2) is 4.99 Å². The second kappa shape index (κ2) is 4.90. The summed E-state index contributed by atoms with van der Waals surface area (Å²) in [5.41, 5.74) is 10.1. The van der Waals surface area contributed by atoms with Gasteiger partial charge in [0.15, 0.2) is 5.96 Å². The Balaban J connectivity index is 3.60. The number of nitrogens with zero attached hydrogens (tertiary/aromatic N) is 1.